The zero-order chi connectivity index (χ0) is 14.9. The lowest BCUT2D eigenvalue weighted by molar-refractivity contribution is 0.0888. The molecule has 20 heavy (non-hydrogen) atoms. The minimum atomic E-state index is 0.284. The van der Waals surface area contributed by atoms with Gasteiger partial charge in [-0.25, -0.2) is 0 Å². The molecule has 0 N–H and O–H groups in total. The Bertz CT molecular complexity index is 483. The van der Waals surface area contributed by atoms with Crippen LogP contribution >= 0.6 is 0 Å². The molecule has 0 radical (unpaired) electrons. The number of rotatable bonds is 4. The topological polar surface area (TPSA) is 20.3 Å². The highest BCUT2D eigenvalue weighted by Crippen LogP contribution is 2.27. The van der Waals surface area contributed by atoms with E-state index >= 15 is 0 Å². The maximum absolute atomic E-state index is 12.7. The number of carbonyl (C=O) groups excluding carboxylic acids is 1. The number of ketones is 1. The van der Waals surface area contributed by atoms with Crippen LogP contribution in [-0.2, 0) is 0 Å². The summed E-state index contributed by atoms with van der Waals surface area (Å²) in [4.78, 5) is 15.1. The van der Waals surface area contributed by atoms with Crippen LogP contribution in [0.5, 0.6) is 0 Å². The van der Waals surface area contributed by atoms with Gasteiger partial charge in [0.05, 0.1) is 6.54 Å². The van der Waals surface area contributed by atoms with Gasteiger partial charge in [0, 0.05) is 17.6 Å². The molecule has 1 saturated heterocycles. The van der Waals surface area contributed by atoms with E-state index in [1.165, 1.54) is 18.4 Å². The molecule has 0 aromatic heterocycles. The molecule has 1 aromatic rings. The van der Waals surface area contributed by atoms with E-state index in [0.29, 0.717) is 18.6 Å². The largest absolute Gasteiger partial charge is 0.293 e. The minimum absolute atomic E-state index is 0.284. The van der Waals surface area contributed by atoms with Crippen molar-refractivity contribution >= 4 is 5.78 Å². The highest BCUT2D eigenvalue weighted by molar-refractivity contribution is 6.00. The Balaban J connectivity index is 2.20. The standard InChI is InChI=1S/C18H27NO/c1-6-16-8-7-15(5)19(16)11-17(20)18-13(3)9-12(2)10-14(18)4/h9-10,15-16H,6-8,11H2,1-5H3. The lowest BCUT2D eigenvalue weighted by Crippen LogP contribution is -2.38. The van der Waals surface area contributed by atoms with E-state index in [1.54, 1.807) is 0 Å². The summed E-state index contributed by atoms with van der Waals surface area (Å²) in [6.07, 6.45) is 3.60. The van der Waals surface area contributed by atoms with Crippen molar-refractivity contribution in [3.63, 3.8) is 0 Å². The van der Waals surface area contributed by atoms with Crippen LogP contribution in [0.4, 0.5) is 0 Å². The zero-order valence-corrected chi connectivity index (χ0v) is 13.5. The first kappa shape index (κ1) is 15.2. The molecule has 1 aliphatic heterocycles. The van der Waals surface area contributed by atoms with Gasteiger partial charge in [-0.1, -0.05) is 24.6 Å². The fourth-order valence-electron chi connectivity index (χ4n) is 3.71. The van der Waals surface area contributed by atoms with E-state index in [-0.39, 0.29) is 5.78 Å². The lowest BCUT2D eigenvalue weighted by Gasteiger charge is -2.27. The van der Waals surface area contributed by atoms with Crippen molar-refractivity contribution in [1.82, 2.24) is 4.90 Å². The fourth-order valence-corrected chi connectivity index (χ4v) is 3.71. The number of hydrogen-bond donors (Lipinski definition) is 0. The van der Waals surface area contributed by atoms with Gasteiger partial charge in [-0.15, -0.1) is 0 Å². The number of nitrogens with zero attached hydrogens (tertiary/aromatic N) is 1. The maximum Gasteiger partial charge on any atom is 0.177 e. The van der Waals surface area contributed by atoms with Crippen molar-refractivity contribution in [3.8, 4) is 0 Å². The summed E-state index contributed by atoms with van der Waals surface area (Å²) in [5.74, 6) is 0.284. The number of aryl methyl sites for hydroxylation is 3. The van der Waals surface area contributed by atoms with Gasteiger partial charge in [0.2, 0.25) is 0 Å². The lowest BCUT2D eigenvalue weighted by atomic mass is 9.96. The third kappa shape index (κ3) is 2.95. The third-order valence-electron chi connectivity index (χ3n) is 4.71. The molecular weight excluding hydrogens is 246 g/mol. The summed E-state index contributed by atoms with van der Waals surface area (Å²) >= 11 is 0. The first-order chi connectivity index (χ1) is 9.43. The normalized spacial score (nSPS) is 23.2. The smallest absolute Gasteiger partial charge is 0.177 e. The molecule has 2 rings (SSSR count). The maximum atomic E-state index is 12.7. The predicted molar refractivity (Wildman–Crippen MR) is 84.5 cm³/mol. The van der Waals surface area contributed by atoms with Gasteiger partial charge in [-0.2, -0.15) is 0 Å². The van der Waals surface area contributed by atoms with Gasteiger partial charge in [0.25, 0.3) is 0 Å². The second kappa shape index (κ2) is 6.09. The van der Waals surface area contributed by atoms with E-state index in [2.05, 4.69) is 51.7 Å². The van der Waals surface area contributed by atoms with Crippen LogP contribution in [-0.4, -0.2) is 29.3 Å². The summed E-state index contributed by atoms with van der Waals surface area (Å²) in [5.41, 5.74) is 4.40. The molecule has 0 amide bonds. The minimum Gasteiger partial charge on any atom is -0.293 e. The number of Topliss-reactive ketones (excluding diaryl/α,β-unsaturated/α-hetero) is 1. The second-order valence-corrected chi connectivity index (χ2v) is 6.36. The number of hydrogen-bond acceptors (Lipinski definition) is 2. The SMILES string of the molecule is CCC1CCC(C)N1CC(=O)c1c(C)cc(C)cc1C. The van der Waals surface area contributed by atoms with Crippen molar-refractivity contribution in [2.24, 2.45) is 0 Å². The van der Waals surface area contributed by atoms with Gasteiger partial charge in [0.1, 0.15) is 0 Å². The van der Waals surface area contributed by atoms with Crippen LogP contribution in [0.15, 0.2) is 12.1 Å². The van der Waals surface area contributed by atoms with Gasteiger partial charge in [-0.05, 0) is 58.1 Å². The molecule has 1 heterocycles. The molecule has 1 aromatic carbocycles. The zero-order valence-electron chi connectivity index (χ0n) is 13.5. The van der Waals surface area contributed by atoms with E-state index < -0.39 is 0 Å². The summed E-state index contributed by atoms with van der Waals surface area (Å²) < 4.78 is 0. The quantitative estimate of drug-likeness (QED) is 0.771. The predicted octanol–water partition coefficient (Wildman–Crippen LogP) is 4.06. The Morgan fingerprint density at radius 2 is 1.80 bits per heavy atom. The van der Waals surface area contributed by atoms with Crippen molar-refractivity contribution in [2.45, 2.75) is 66.0 Å². The van der Waals surface area contributed by atoms with Gasteiger partial charge >= 0.3 is 0 Å². The van der Waals surface area contributed by atoms with Gasteiger partial charge in [-0.3, -0.25) is 9.69 Å². The first-order valence-corrected chi connectivity index (χ1v) is 7.80. The van der Waals surface area contributed by atoms with E-state index in [1.807, 2.05) is 0 Å². The van der Waals surface area contributed by atoms with E-state index in [9.17, 15) is 4.79 Å². The number of likely N-dealkylation sites (tertiary alicyclic amines) is 1. The monoisotopic (exact) mass is 273 g/mol. The summed E-state index contributed by atoms with van der Waals surface area (Å²) in [6.45, 7) is 11.2. The first-order valence-electron chi connectivity index (χ1n) is 7.80. The van der Waals surface area contributed by atoms with Crippen LogP contribution in [0, 0.1) is 20.8 Å². The van der Waals surface area contributed by atoms with Gasteiger partial charge < -0.3 is 0 Å². The molecule has 2 atom stereocenters. The van der Waals surface area contributed by atoms with Crippen molar-refractivity contribution in [3.05, 3.63) is 34.4 Å². The third-order valence-corrected chi connectivity index (χ3v) is 4.71. The van der Waals surface area contributed by atoms with Crippen molar-refractivity contribution in [2.75, 3.05) is 6.54 Å². The van der Waals surface area contributed by atoms with Crippen LogP contribution in [0.2, 0.25) is 0 Å². The summed E-state index contributed by atoms with van der Waals surface area (Å²) in [6, 6.07) is 5.35. The molecule has 2 heteroatoms. The van der Waals surface area contributed by atoms with Crippen molar-refractivity contribution in [1.29, 1.82) is 0 Å². The van der Waals surface area contributed by atoms with Crippen LogP contribution in [0.3, 0.4) is 0 Å². The Labute approximate surface area is 123 Å². The molecule has 1 aliphatic rings. The molecule has 2 unspecified atom stereocenters. The Kier molecular flexibility index (Phi) is 4.64. The average Bonchev–Trinajstić information content (AvgIpc) is 2.69. The molecular formula is C18H27NO. The molecule has 0 saturated carbocycles. The van der Waals surface area contributed by atoms with Crippen molar-refractivity contribution < 1.29 is 4.79 Å². The number of carbonyl (C=O) groups is 1. The van der Waals surface area contributed by atoms with Crippen LogP contribution in [0.1, 0.15) is 60.2 Å². The fraction of sp³-hybridized carbons (Fsp3) is 0.611. The second-order valence-electron chi connectivity index (χ2n) is 6.36. The number of benzene rings is 1. The molecule has 2 nitrogen and oxygen atoms in total. The molecule has 0 bridgehead atoms. The van der Waals surface area contributed by atoms with Crippen LogP contribution in [0.25, 0.3) is 0 Å². The summed E-state index contributed by atoms with van der Waals surface area (Å²) in [5, 5.41) is 0. The van der Waals surface area contributed by atoms with Crippen LogP contribution < -0.4 is 0 Å². The molecule has 110 valence electrons. The molecule has 0 spiro atoms. The Hall–Kier alpha value is -1.15. The van der Waals surface area contributed by atoms with E-state index in [4.69, 9.17) is 0 Å². The molecule has 0 aliphatic carbocycles. The summed E-state index contributed by atoms with van der Waals surface area (Å²) in [7, 11) is 0. The Morgan fingerprint density at radius 1 is 1.20 bits per heavy atom. The highest BCUT2D eigenvalue weighted by atomic mass is 16.1. The van der Waals surface area contributed by atoms with Gasteiger partial charge in [0.15, 0.2) is 5.78 Å². The molecule has 1 fully saturated rings. The highest BCUT2D eigenvalue weighted by Gasteiger charge is 2.31. The van der Waals surface area contributed by atoms with E-state index in [0.717, 1.165) is 23.1 Å². The Morgan fingerprint density at radius 3 is 2.35 bits per heavy atom. The average molecular weight is 273 g/mol.